The van der Waals surface area contributed by atoms with E-state index in [2.05, 4.69) is 20.9 Å². The number of aromatic nitrogens is 1. The van der Waals surface area contributed by atoms with Gasteiger partial charge in [0.05, 0.1) is 10.9 Å². The molecule has 0 fully saturated rings. The molecule has 0 aliphatic heterocycles. The van der Waals surface area contributed by atoms with Crippen LogP contribution in [0.25, 0.3) is 10.9 Å². The standard InChI is InChI=1S/C9H6BrFN2/c10-5-1-2-6(11)8-7(12)3-4-13-9(5)8/h1-4H,(H2,12,13). The van der Waals surface area contributed by atoms with Gasteiger partial charge in [-0.3, -0.25) is 4.98 Å². The van der Waals surface area contributed by atoms with Gasteiger partial charge in [-0.05, 0) is 34.1 Å². The highest BCUT2D eigenvalue weighted by Gasteiger charge is 2.07. The molecule has 1 aromatic carbocycles. The number of pyridine rings is 1. The average Bonchev–Trinajstić information content (AvgIpc) is 2.12. The van der Waals surface area contributed by atoms with E-state index in [4.69, 9.17) is 5.73 Å². The van der Waals surface area contributed by atoms with E-state index in [1.807, 2.05) is 0 Å². The second kappa shape index (κ2) is 2.96. The van der Waals surface area contributed by atoms with Crippen LogP contribution in [-0.2, 0) is 0 Å². The van der Waals surface area contributed by atoms with E-state index < -0.39 is 0 Å². The number of nitrogens with zero attached hydrogens (tertiary/aromatic N) is 1. The van der Waals surface area contributed by atoms with E-state index in [1.54, 1.807) is 18.3 Å². The summed E-state index contributed by atoms with van der Waals surface area (Å²) in [6.07, 6.45) is 1.56. The van der Waals surface area contributed by atoms with Crippen molar-refractivity contribution in [2.24, 2.45) is 0 Å². The lowest BCUT2D eigenvalue weighted by atomic mass is 10.2. The summed E-state index contributed by atoms with van der Waals surface area (Å²) in [4.78, 5) is 4.04. The van der Waals surface area contributed by atoms with Crippen LogP contribution in [0.15, 0.2) is 28.9 Å². The molecular weight excluding hydrogens is 235 g/mol. The van der Waals surface area contributed by atoms with Gasteiger partial charge in [0.15, 0.2) is 0 Å². The Morgan fingerprint density at radius 1 is 1.31 bits per heavy atom. The maximum Gasteiger partial charge on any atom is 0.134 e. The molecule has 2 rings (SSSR count). The van der Waals surface area contributed by atoms with Gasteiger partial charge in [0.1, 0.15) is 5.82 Å². The zero-order valence-corrected chi connectivity index (χ0v) is 8.18. The first-order chi connectivity index (χ1) is 6.20. The third-order valence-electron chi connectivity index (χ3n) is 1.82. The predicted molar refractivity (Wildman–Crippen MR) is 53.8 cm³/mol. The Balaban J connectivity index is 3.00. The van der Waals surface area contributed by atoms with Crippen LogP contribution >= 0.6 is 15.9 Å². The topological polar surface area (TPSA) is 38.9 Å². The number of fused-ring (bicyclic) bond motifs is 1. The van der Waals surface area contributed by atoms with Crippen molar-refractivity contribution in [1.29, 1.82) is 0 Å². The molecule has 1 aromatic heterocycles. The second-order valence-electron chi connectivity index (χ2n) is 2.65. The van der Waals surface area contributed by atoms with Crippen molar-refractivity contribution in [2.45, 2.75) is 0 Å². The molecule has 13 heavy (non-hydrogen) atoms. The summed E-state index contributed by atoms with van der Waals surface area (Å²) in [6.45, 7) is 0. The zero-order chi connectivity index (χ0) is 9.42. The fourth-order valence-corrected chi connectivity index (χ4v) is 1.65. The molecule has 4 heteroatoms. The van der Waals surface area contributed by atoms with E-state index in [0.29, 0.717) is 16.6 Å². The molecule has 2 N–H and O–H groups in total. The highest BCUT2D eigenvalue weighted by Crippen LogP contribution is 2.27. The largest absolute Gasteiger partial charge is 0.398 e. The molecule has 0 saturated carbocycles. The minimum atomic E-state index is -0.344. The van der Waals surface area contributed by atoms with Crippen molar-refractivity contribution in [3.05, 3.63) is 34.7 Å². The van der Waals surface area contributed by atoms with Gasteiger partial charge in [-0.2, -0.15) is 0 Å². The molecular formula is C9H6BrFN2. The van der Waals surface area contributed by atoms with E-state index in [0.717, 1.165) is 4.47 Å². The molecule has 0 spiro atoms. The van der Waals surface area contributed by atoms with E-state index in [-0.39, 0.29) is 5.82 Å². The third kappa shape index (κ3) is 1.27. The molecule has 0 atom stereocenters. The molecule has 0 aliphatic rings. The van der Waals surface area contributed by atoms with E-state index in [1.165, 1.54) is 6.07 Å². The van der Waals surface area contributed by atoms with Crippen molar-refractivity contribution >= 4 is 32.5 Å². The van der Waals surface area contributed by atoms with Gasteiger partial charge < -0.3 is 5.73 Å². The smallest absolute Gasteiger partial charge is 0.134 e. The summed E-state index contributed by atoms with van der Waals surface area (Å²) < 4.78 is 14.0. The number of hydrogen-bond acceptors (Lipinski definition) is 2. The fourth-order valence-electron chi connectivity index (χ4n) is 1.22. The number of hydrogen-bond donors (Lipinski definition) is 1. The van der Waals surface area contributed by atoms with Crippen LogP contribution in [0.2, 0.25) is 0 Å². The molecule has 0 amide bonds. The molecule has 2 aromatic rings. The van der Waals surface area contributed by atoms with Crippen molar-refractivity contribution in [3.63, 3.8) is 0 Å². The normalized spacial score (nSPS) is 10.6. The van der Waals surface area contributed by atoms with Gasteiger partial charge in [0.25, 0.3) is 0 Å². The molecule has 0 radical (unpaired) electrons. The van der Waals surface area contributed by atoms with Gasteiger partial charge in [0, 0.05) is 16.4 Å². The molecule has 0 saturated heterocycles. The Morgan fingerprint density at radius 2 is 2.08 bits per heavy atom. The Labute approximate surface area is 82.7 Å². The minimum Gasteiger partial charge on any atom is -0.398 e. The summed E-state index contributed by atoms with van der Waals surface area (Å²) in [5, 5.41) is 0.372. The summed E-state index contributed by atoms with van der Waals surface area (Å²) in [5.74, 6) is -0.344. The van der Waals surface area contributed by atoms with Crippen LogP contribution in [0, 0.1) is 5.82 Å². The first kappa shape index (κ1) is 8.44. The van der Waals surface area contributed by atoms with Gasteiger partial charge in [-0.15, -0.1) is 0 Å². The SMILES string of the molecule is Nc1ccnc2c(Br)ccc(F)c12. The number of benzene rings is 1. The number of anilines is 1. The minimum absolute atomic E-state index is 0.344. The van der Waals surface area contributed by atoms with Crippen LogP contribution in [0.3, 0.4) is 0 Å². The maximum atomic E-state index is 13.3. The van der Waals surface area contributed by atoms with Crippen LogP contribution in [0.1, 0.15) is 0 Å². The van der Waals surface area contributed by atoms with Crippen molar-refractivity contribution in [2.75, 3.05) is 5.73 Å². The lowest BCUT2D eigenvalue weighted by Crippen LogP contribution is -1.92. The van der Waals surface area contributed by atoms with Crippen molar-refractivity contribution < 1.29 is 4.39 Å². The van der Waals surface area contributed by atoms with Crippen LogP contribution < -0.4 is 5.73 Å². The monoisotopic (exact) mass is 240 g/mol. The lowest BCUT2D eigenvalue weighted by molar-refractivity contribution is 0.639. The van der Waals surface area contributed by atoms with E-state index in [9.17, 15) is 4.39 Å². The number of rotatable bonds is 0. The Morgan fingerprint density at radius 3 is 2.77 bits per heavy atom. The van der Waals surface area contributed by atoms with Gasteiger partial charge >= 0.3 is 0 Å². The first-order valence-corrected chi connectivity index (χ1v) is 4.47. The molecule has 1 heterocycles. The first-order valence-electron chi connectivity index (χ1n) is 3.68. The van der Waals surface area contributed by atoms with Crippen molar-refractivity contribution in [3.8, 4) is 0 Å². The van der Waals surface area contributed by atoms with E-state index >= 15 is 0 Å². The molecule has 0 bridgehead atoms. The summed E-state index contributed by atoms with van der Waals surface area (Å²) >= 11 is 3.28. The van der Waals surface area contributed by atoms with Gasteiger partial charge in [-0.25, -0.2) is 4.39 Å². The molecule has 2 nitrogen and oxygen atoms in total. The zero-order valence-electron chi connectivity index (χ0n) is 6.59. The van der Waals surface area contributed by atoms with Crippen molar-refractivity contribution in [1.82, 2.24) is 4.98 Å². The Kier molecular flexibility index (Phi) is 1.92. The number of nitrogen functional groups attached to an aromatic ring is 1. The van der Waals surface area contributed by atoms with Gasteiger partial charge in [-0.1, -0.05) is 0 Å². The second-order valence-corrected chi connectivity index (χ2v) is 3.51. The summed E-state index contributed by atoms with van der Waals surface area (Å²) in [6, 6.07) is 4.56. The number of halogens is 2. The number of nitrogens with two attached hydrogens (primary N) is 1. The Bertz CT molecular complexity index is 462. The summed E-state index contributed by atoms with van der Waals surface area (Å²) in [7, 11) is 0. The van der Waals surface area contributed by atoms with Gasteiger partial charge in [0.2, 0.25) is 0 Å². The third-order valence-corrected chi connectivity index (χ3v) is 2.46. The van der Waals surface area contributed by atoms with Crippen LogP contribution in [0.5, 0.6) is 0 Å². The lowest BCUT2D eigenvalue weighted by Gasteiger charge is -2.03. The summed E-state index contributed by atoms with van der Waals surface area (Å²) in [5.41, 5.74) is 6.59. The van der Waals surface area contributed by atoms with Crippen LogP contribution in [0.4, 0.5) is 10.1 Å². The molecule has 0 aliphatic carbocycles. The molecule has 66 valence electrons. The quantitative estimate of drug-likeness (QED) is 0.770. The molecule has 0 unspecified atom stereocenters. The van der Waals surface area contributed by atoms with Crippen LogP contribution in [-0.4, -0.2) is 4.98 Å². The highest BCUT2D eigenvalue weighted by atomic mass is 79.9. The highest BCUT2D eigenvalue weighted by molar-refractivity contribution is 9.10. The average molecular weight is 241 g/mol. The predicted octanol–water partition coefficient (Wildman–Crippen LogP) is 2.72. The Hall–Kier alpha value is -1.16. The maximum absolute atomic E-state index is 13.3. The fraction of sp³-hybridized carbons (Fsp3) is 0.